The molecule has 0 N–H and O–H groups in total. The highest BCUT2D eigenvalue weighted by Crippen LogP contribution is 2.36. The van der Waals surface area contributed by atoms with Crippen LogP contribution in [0.2, 0.25) is 0 Å². The van der Waals surface area contributed by atoms with Gasteiger partial charge in [-0.25, -0.2) is 4.98 Å². The smallest absolute Gasteiger partial charge is 0.226 e. The van der Waals surface area contributed by atoms with Crippen molar-refractivity contribution >= 4 is 33.2 Å². The molecule has 1 aliphatic carbocycles. The summed E-state index contributed by atoms with van der Waals surface area (Å²) in [6.45, 7) is 4.54. The standard InChI is InChI=1S/C23H30N2O3S/c1-16(21(26)22-24-19-9-5-6-10-20(19)29-22)15-18(17-7-3-2-4-8-17)23(27)25-11-13-28-14-12-25/h5-6,9-10,16-18H,2-4,7-8,11-15H2,1H3. The van der Waals surface area contributed by atoms with Crippen LogP contribution in [0, 0.1) is 17.8 Å². The van der Waals surface area contributed by atoms with Gasteiger partial charge in [-0.05, 0) is 37.3 Å². The first-order chi connectivity index (χ1) is 14.1. The molecule has 156 valence electrons. The van der Waals surface area contributed by atoms with Crippen molar-refractivity contribution in [3.63, 3.8) is 0 Å². The van der Waals surface area contributed by atoms with E-state index in [1.54, 1.807) is 0 Å². The first kappa shape index (κ1) is 20.5. The van der Waals surface area contributed by atoms with E-state index in [0.717, 1.165) is 23.1 Å². The minimum atomic E-state index is -0.201. The Morgan fingerprint density at radius 1 is 1.17 bits per heavy atom. The molecule has 2 fully saturated rings. The highest BCUT2D eigenvalue weighted by molar-refractivity contribution is 7.20. The fourth-order valence-electron chi connectivity index (χ4n) is 4.73. The van der Waals surface area contributed by atoms with Crippen LogP contribution >= 0.6 is 11.3 Å². The average molecular weight is 415 g/mol. The molecule has 2 unspecified atom stereocenters. The fourth-order valence-corrected chi connectivity index (χ4v) is 5.74. The van der Waals surface area contributed by atoms with E-state index in [4.69, 9.17) is 4.74 Å². The van der Waals surface area contributed by atoms with Crippen LogP contribution in [0.4, 0.5) is 0 Å². The summed E-state index contributed by atoms with van der Waals surface area (Å²) in [5, 5.41) is 0.569. The van der Waals surface area contributed by atoms with E-state index in [0.29, 0.717) is 43.6 Å². The van der Waals surface area contributed by atoms with Crippen LogP contribution in [-0.4, -0.2) is 47.9 Å². The molecule has 0 spiro atoms. The summed E-state index contributed by atoms with van der Waals surface area (Å²) in [5.74, 6) is 0.421. The molecular formula is C23H30N2O3S. The maximum atomic E-state index is 13.4. The number of nitrogens with zero attached hydrogens (tertiary/aromatic N) is 2. The van der Waals surface area contributed by atoms with Crippen molar-refractivity contribution in [1.82, 2.24) is 9.88 Å². The number of hydrogen-bond acceptors (Lipinski definition) is 5. The number of amides is 1. The molecule has 5 nitrogen and oxygen atoms in total. The van der Waals surface area contributed by atoms with Crippen LogP contribution in [0.15, 0.2) is 24.3 Å². The third-order valence-electron chi connectivity index (χ3n) is 6.42. The third-order valence-corrected chi connectivity index (χ3v) is 7.47. The van der Waals surface area contributed by atoms with Crippen LogP contribution in [0.3, 0.4) is 0 Å². The number of rotatable bonds is 6. The Labute approximate surface area is 176 Å². The molecule has 6 heteroatoms. The molecule has 2 heterocycles. The van der Waals surface area contributed by atoms with Gasteiger partial charge in [0.15, 0.2) is 10.8 Å². The van der Waals surface area contributed by atoms with E-state index in [9.17, 15) is 9.59 Å². The normalized spacial score (nSPS) is 20.5. The molecule has 1 aromatic heterocycles. The quantitative estimate of drug-likeness (QED) is 0.650. The van der Waals surface area contributed by atoms with Gasteiger partial charge in [-0.1, -0.05) is 38.3 Å². The van der Waals surface area contributed by atoms with Crippen LogP contribution < -0.4 is 0 Å². The minimum Gasteiger partial charge on any atom is -0.378 e. The monoisotopic (exact) mass is 414 g/mol. The summed E-state index contributed by atoms with van der Waals surface area (Å²) >= 11 is 1.46. The summed E-state index contributed by atoms with van der Waals surface area (Å²) in [7, 11) is 0. The summed E-state index contributed by atoms with van der Waals surface area (Å²) in [4.78, 5) is 33.0. The van der Waals surface area contributed by atoms with Crippen molar-refractivity contribution in [3.8, 4) is 0 Å². The molecule has 1 amide bonds. The Kier molecular flexibility index (Phi) is 6.60. The molecule has 2 aliphatic rings. The molecule has 2 aromatic rings. The molecule has 4 rings (SSSR count). The first-order valence-corrected chi connectivity index (χ1v) is 11.7. The van der Waals surface area contributed by atoms with Crippen molar-refractivity contribution in [2.45, 2.75) is 45.4 Å². The molecule has 1 saturated heterocycles. The number of carbonyl (C=O) groups excluding carboxylic acids is 2. The van der Waals surface area contributed by atoms with E-state index in [2.05, 4.69) is 4.98 Å². The van der Waals surface area contributed by atoms with Gasteiger partial charge in [-0.2, -0.15) is 0 Å². The third kappa shape index (κ3) is 4.69. The number of thiazole rings is 1. The van der Waals surface area contributed by atoms with E-state index < -0.39 is 0 Å². The van der Waals surface area contributed by atoms with Crippen molar-refractivity contribution in [2.24, 2.45) is 17.8 Å². The average Bonchev–Trinajstić information content (AvgIpc) is 3.22. The van der Waals surface area contributed by atoms with Gasteiger partial charge in [0.25, 0.3) is 0 Å². The Morgan fingerprint density at radius 3 is 2.62 bits per heavy atom. The van der Waals surface area contributed by atoms with Crippen LogP contribution in [0.1, 0.15) is 55.3 Å². The second-order valence-corrected chi connectivity index (χ2v) is 9.46. The molecule has 1 saturated carbocycles. The van der Waals surface area contributed by atoms with Crippen LogP contribution in [-0.2, 0) is 9.53 Å². The number of morpholine rings is 1. The molecule has 1 aromatic carbocycles. The Morgan fingerprint density at radius 2 is 1.90 bits per heavy atom. The topological polar surface area (TPSA) is 59.5 Å². The number of Topliss-reactive ketones (excluding diaryl/α,β-unsaturated/α-hetero) is 1. The zero-order valence-corrected chi connectivity index (χ0v) is 18.0. The predicted molar refractivity (Wildman–Crippen MR) is 115 cm³/mol. The largest absolute Gasteiger partial charge is 0.378 e. The maximum absolute atomic E-state index is 13.4. The summed E-state index contributed by atoms with van der Waals surface area (Å²) < 4.78 is 6.46. The van der Waals surface area contributed by atoms with Gasteiger partial charge >= 0.3 is 0 Å². The van der Waals surface area contributed by atoms with Crippen LogP contribution in [0.25, 0.3) is 10.2 Å². The number of ether oxygens (including phenoxy) is 1. The van der Waals surface area contributed by atoms with Gasteiger partial charge in [0, 0.05) is 24.9 Å². The van der Waals surface area contributed by atoms with E-state index in [1.165, 1.54) is 30.6 Å². The predicted octanol–water partition coefficient (Wildman–Crippen LogP) is 4.56. The molecular weight excluding hydrogens is 384 g/mol. The van der Waals surface area contributed by atoms with E-state index in [1.807, 2.05) is 36.1 Å². The van der Waals surface area contributed by atoms with Gasteiger partial charge < -0.3 is 9.64 Å². The maximum Gasteiger partial charge on any atom is 0.226 e. The van der Waals surface area contributed by atoms with Gasteiger partial charge in [0.05, 0.1) is 23.4 Å². The second-order valence-electron chi connectivity index (χ2n) is 8.43. The number of para-hydroxylation sites is 1. The summed E-state index contributed by atoms with van der Waals surface area (Å²) in [6.07, 6.45) is 6.46. The van der Waals surface area contributed by atoms with Gasteiger partial charge in [-0.3, -0.25) is 9.59 Å². The van der Waals surface area contributed by atoms with E-state index >= 15 is 0 Å². The summed E-state index contributed by atoms with van der Waals surface area (Å²) in [6, 6.07) is 7.86. The Hall–Kier alpha value is -1.79. The summed E-state index contributed by atoms with van der Waals surface area (Å²) in [5.41, 5.74) is 0.876. The van der Waals surface area contributed by atoms with Crippen molar-refractivity contribution in [2.75, 3.05) is 26.3 Å². The van der Waals surface area contributed by atoms with Crippen molar-refractivity contribution in [1.29, 1.82) is 0 Å². The lowest BCUT2D eigenvalue weighted by Gasteiger charge is -2.36. The zero-order valence-electron chi connectivity index (χ0n) is 17.1. The lowest BCUT2D eigenvalue weighted by Crippen LogP contribution is -2.46. The fraction of sp³-hybridized carbons (Fsp3) is 0.609. The molecule has 2 atom stereocenters. The lowest BCUT2D eigenvalue weighted by atomic mass is 9.75. The number of fused-ring (bicyclic) bond motifs is 1. The molecule has 0 bridgehead atoms. The van der Waals surface area contributed by atoms with Crippen molar-refractivity contribution in [3.05, 3.63) is 29.3 Å². The SMILES string of the molecule is CC(CC(C(=O)N1CCOCC1)C1CCCCC1)C(=O)c1nc2ccccc2s1. The van der Waals surface area contributed by atoms with Gasteiger partial charge in [0.1, 0.15) is 0 Å². The minimum absolute atomic E-state index is 0.0678. The van der Waals surface area contributed by atoms with Gasteiger partial charge in [0.2, 0.25) is 5.91 Å². The zero-order chi connectivity index (χ0) is 20.2. The molecule has 29 heavy (non-hydrogen) atoms. The molecule has 1 aliphatic heterocycles. The number of ketones is 1. The number of aromatic nitrogens is 1. The molecule has 0 radical (unpaired) electrons. The van der Waals surface area contributed by atoms with E-state index in [-0.39, 0.29) is 23.5 Å². The first-order valence-electron chi connectivity index (χ1n) is 10.9. The highest BCUT2D eigenvalue weighted by atomic mass is 32.1. The van der Waals surface area contributed by atoms with Crippen molar-refractivity contribution < 1.29 is 14.3 Å². The number of benzene rings is 1. The Balaban J connectivity index is 1.50. The lowest BCUT2D eigenvalue weighted by molar-refractivity contribution is -0.142. The second kappa shape index (κ2) is 9.35. The Bertz CT molecular complexity index is 820. The highest BCUT2D eigenvalue weighted by Gasteiger charge is 2.36. The van der Waals surface area contributed by atoms with Crippen LogP contribution in [0.5, 0.6) is 0 Å². The van der Waals surface area contributed by atoms with Gasteiger partial charge in [-0.15, -0.1) is 11.3 Å². The number of carbonyl (C=O) groups is 2. The number of hydrogen-bond donors (Lipinski definition) is 0.